The van der Waals surface area contributed by atoms with E-state index in [4.69, 9.17) is 0 Å². The predicted molar refractivity (Wildman–Crippen MR) is 136 cm³/mol. The molecule has 1 aliphatic rings. The van der Waals surface area contributed by atoms with Gasteiger partial charge in [0.25, 0.3) is 0 Å². The minimum atomic E-state index is -1.06. The summed E-state index contributed by atoms with van der Waals surface area (Å²) in [7, 11) is 0. The van der Waals surface area contributed by atoms with Crippen molar-refractivity contribution in [3.05, 3.63) is 48.5 Å². The molecular weight excluding hydrogens is 468 g/mol. The second kappa shape index (κ2) is 11.4. The Balaban J connectivity index is 1.95. The van der Waals surface area contributed by atoms with E-state index in [1.165, 1.54) is 9.80 Å². The zero-order valence-corrected chi connectivity index (χ0v) is 21.2. The Labute approximate surface area is 209 Å². The topological polar surface area (TPSA) is 105 Å². The third kappa shape index (κ3) is 6.00. The van der Waals surface area contributed by atoms with E-state index in [1.807, 2.05) is 48.5 Å². The van der Waals surface area contributed by atoms with Crippen LogP contribution in [0.3, 0.4) is 0 Å². The van der Waals surface area contributed by atoms with Crippen molar-refractivity contribution in [2.75, 3.05) is 31.1 Å². The highest BCUT2D eigenvalue weighted by atomic mass is 32.2. The van der Waals surface area contributed by atoms with Crippen LogP contribution >= 0.6 is 11.8 Å². The first-order valence-electron chi connectivity index (χ1n) is 11.6. The van der Waals surface area contributed by atoms with E-state index in [0.29, 0.717) is 0 Å². The lowest BCUT2D eigenvalue weighted by Crippen LogP contribution is -2.50. The van der Waals surface area contributed by atoms with Crippen molar-refractivity contribution >= 4 is 41.4 Å². The van der Waals surface area contributed by atoms with Gasteiger partial charge in [0.2, 0.25) is 0 Å². The molecule has 10 heteroatoms. The maximum Gasteiger partial charge on any atom is 0.407 e. The summed E-state index contributed by atoms with van der Waals surface area (Å²) in [4.78, 5) is 45.1. The SMILES string of the molecule is CC(C)N(CCN(CCN(C(=O)O)C(C)C)C(=O)N1c2ccccc2Sc2ccccc21)C(=O)O. The van der Waals surface area contributed by atoms with Gasteiger partial charge in [-0.05, 0) is 52.0 Å². The molecule has 0 unspecified atom stereocenters. The first kappa shape index (κ1) is 26.2. The number of carbonyl (C=O) groups excluding carboxylic acids is 1. The number of amides is 4. The van der Waals surface area contributed by atoms with Crippen LogP contribution in [-0.2, 0) is 0 Å². The Morgan fingerprint density at radius 3 is 1.51 bits per heavy atom. The van der Waals surface area contributed by atoms with Crippen LogP contribution in [0.5, 0.6) is 0 Å². The molecule has 2 aromatic carbocycles. The molecule has 4 amide bonds. The molecule has 0 saturated carbocycles. The van der Waals surface area contributed by atoms with Gasteiger partial charge in [0.05, 0.1) is 11.4 Å². The molecule has 0 fully saturated rings. The largest absolute Gasteiger partial charge is 0.465 e. The summed E-state index contributed by atoms with van der Waals surface area (Å²) in [5.74, 6) is 0. The number of hydrogen-bond donors (Lipinski definition) is 2. The molecule has 2 N–H and O–H groups in total. The van der Waals surface area contributed by atoms with Gasteiger partial charge in [-0.2, -0.15) is 0 Å². The Bertz CT molecular complexity index is 1000. The smallest absolute Gasteiger partial charge is 0.407 e. The molecule has 0 atom stereocenters. The molecule has 9 nitrogen and oxygen atoms in total. The number of rotatable bonds is 8. The van der Waals surface area contributed by atoms with Gasteiger partial charge in [-0.3, -0.25) is 4.90 Å². The normalized spacial score (nSPS) is 12.2. The third-order valence-corrected chi connectivity index (χ3v) is 6.98. The lowest BCUT2D eigenvalue weighted by Gasteiger charge is -2.37. The van der Waals surface area contributed by atoms with Crippen LogP contribution in [0.25, 0.3) is 0 Å². The van der Waals surface area contributed by atoms with Gasteiger partial charge in [-0.1, -0.05) is 36.0 Å². The highest BCUT2D eigenvalue weighted by Gasteiger charge is 2.32. The van der Waals surface area contributed by atoms with E-state index in [1.54, 1.807) is 49.3 Å². The standard InChI is InChI=1S/C25H32N4O5S/c1-17(2)27(24(31)32)15-13-26(14-16-28(18(3)4)25(33)34)23(30)29-19-9-5-7-11-21(19)35-22-12-8-6-10-20(22)29/h5-12,17-18H,13-16H2,1-4H3,(H,31,32)(H,33,34). The summed E-state index contributed by atoms with van der Waals surface area (Å²) < 4.78 is 0. The molecule has 3 rings (SSSR count). The van der Waals surface area contributed by atoms with Crippen molar-refractivity contribution in [1.29, 1.82) is 0 Å². The van der Waals surface area contributed by atoms with Crippen LogP contribution in [0.1, 0.15) is 27.7 Å². The molecule has 0 radical (unpaired) electrons. The van der Waals surface area contributed by atoms with Crippen molar-refractivity contribution in [2.45, 2.75) is 49.6 Å². The summed E-state index contributed by atoms with van der Waals surface area (Å²) in [6.07, 6.45) is -2.13. The average molecular weight is 501 g/mol. The molecule has 188 valence electrons. The number of anilines is 2. The van der Waals surface area contributed by atoms with Crippen molar-refractivity contribution in [3.63, 3.8) is 0 Å². The molecule has 2 aromatic rings. The van der Waals surface area contributed by atoms with Crippen LogP contribution in [-0.4, -0.2) is 81.4 Å². The van der Waals surface area contributed by atoms with Crippen LogP contribution < -0.4 is 4.90 Å². The molecule has 0 spiro atoms. The van der Waals surface area contributed by atoms with Crippen LogP contribution in [0.2, 0.25) is 0 Å². The van der Waals surface area contributed by atoms with Gasteiger partial charge in [0.15, 0.2) is 0 Å². The Morgan fingerprint density at radius 1 is 0.743 bits per heavy atom. The molecule has 0 aliphatic carbocycles. The van der Waals surface area contributed by atoms with Crippen LogP contribution in [0.15, 0.2) is 58.3 Å². The van der Waals surface area contributed by atoms with Crippen LogP contribution in [0, 0.1) is 0 Å². The van der Waals surface area contributed by atoms with Gasteiger partial charge in [0.1, 0.15) is 0 Å². The molecule has 0 aromatic heterocycles. The van der Waals surface area contributed by atoms with Crippen molar-refractivity contribution in [1.82, 2.24) is 14.7 Å². The van der Waals surface area contributed by atoms with E-state index in [0.717, 1.165) is 21.2 Å². The van der Waals surface area contributed by atoms with Crippen molar-refractivity contribution in [2.24, 2.45) is 0 Å². The monoisotopic (exact) mass is 500 g/mol. The van der Waals surface area contributed by atoms with Gasteiger partial charge >= 0.3 is 18.2 Å². The van der Waals surface area contributed by atoms with E-state index in [-0.39, 0.29) is 44.3 Å². The first-order chi connectivity index (χ1) is 16.6. The zero-order valence-electron chi connectivity index (χ0n) is 20.4. The number of benzene rings is 2. The number of fused-ring (bicyclic) bond motifs is 2. The van der Waals surface area contributed by atoms with Gasteiger partial charge in [-0.25, -0.2) is 14.4 Å². The second-order valence-corrected chi connectivity index (χ2v) is 9.87. The summed E-state index contributed by atoms with van der Waals surface area (Å²) in [6, 6.07) is 14.4. The van der Waals surface area contributed by atoms with Crippen molar-refractivity contribution < 1.29 is 24.6 Å². The maximum atomic E-state index is 14.0. The van der Waals surface area contributed by atoms with E-state index in [2.05, 4.69) is 0 Å². The number of carbonyl (C=O) groups is 3. The molecule has 35 heavy (non-hydrogen) atoms. The van der Waals surface area contributed by atoms with Crippen LogP contribution in [0.4, 0.5) is 25.8 Å². The fourth-order valence-electron chi connectivity index (χ4n) is 3.96. The number of nitrogens with zero attached hydrogens (tertiary/aromatic N) is 4. The highest BCUT2D eigenvalue weighted by Crippen LogP contribution is 2.48. The maximum absolute atomic E-state index is 14.0. The molecule has 0 saturated heterocycles. The quantitative estimate of drug-likeness (QED) is 0.497. The average Bonchev–Trinajstić information content (AvgIpc) is 2.80. The lowest BCUT2D eigenvalue weighted by molar-refractivity contribution is 0.115. The summed E-state index contributed by atoms with van der Waals surface area (Å²) in [6.45, 7) is 7.59. The number of hydrogen-bond acceptors (Lipinski definition) is 4. The fraction of sp³-hybridized carbons (Fsp3) is 0.400. The first-order valence-corrected chi connectivity index (χ1v) is 12.4. The number of para-hydroxylation sites is 2. The minimum absolute atomic E-state index is 0.110. The minimum Gasteiger partial charge on any atom is -0.465 e. The summed E-state index contributed by atoms with van der Waals surface area (Å²) in [5, 5.41) is 19.2. The van der Waals surface area contributed by atoms with E-state index >= 15 is 0 Å². The summed E-state index contributed by atoms with van der Waals surface area (Å²) in [5.41, 5.74) is 1.48. The molecule has 1 heterocycles. The fourth-order valence-corrected chi connectivity index (χ4v) is 5.02. The summed E-state index contributed by atoms with van der Waals surface area (Å²) >= 11 is 1.58. The Hall–Kier alpha value is -3.40. The lowest BCUT2D eigenvalue weighted by atomic mass is 10.2. The van der Waals surface area contributed by atoms with E-state index < -0.39 is 12.2 Å². The molecular formula is C25H32N4O5S. The van der Waals surface area contributed by atoms with Gasteiger partial charge in [-0.15, -0.1) is 0 Å². The Morgan fingerprint density at radius 2 is 1.14 bits per heavy atom. The predicted octanol–water partition coefficient (Wildman–Crippen LogP) is 5.49. The number of carboxylic acid groups (broad SMARTS) is 2. The highest BCUT2D eigenvalue weighted by molar-refractivity contribution is 7.99. The third-order valence-electron chi connectivity index (χ3n) is 5.85. The molecule has 0 bridgehead atoms. The van der Waals surface area contributed by atoms with E-state index in [9.17, 15) is 24.6 Å². The van der Waals surface area contributed by atoms with Crippen molar-refractivity contribution in [3.8, 4) is 0 Å². The Kier molecular flexibility index (Phi) is 8.50. The zero-order chi connectivity index (χ0) is 25.7. The second-order valence-electron chi connectivity index (χ2n) is 8.78. The molecule has 1 aliphatic heterocycles. The number of urea groups is 1. The van der Waals surface area contributed by atoms with Gasteiger partial charge < -0.3 is 24.9 Å². The van der Waals surface area contributed by atoms with Gasteiger partial charge in [0, 0.05) is 48.1 Å².